The molecule has 1 heterocycles. The number of hydrogen-bond acceptors (Lipinski definition) is 3. The molecule has 0 radical (unpaired) electrons. The first-order chi connectivity index (χ1) is 11.1. The average molecular weight is 411 g/mol. The average Bonchev–Trinajstić information content (AvgIpc) is 2.55. The molecule has 2 N–H and O–H groups in total. The number of nitrogens with one attached hydrogen (secondary N) is 2. The number of nitrogens with zero attached hydrogens (tertiary/aromatic N) is 1. The first-order valence-electron chi connectivity index (χ1n) is 8.46. The molecule has 1 aromatic carbocycles. The van der Waals surface area contributed by atoms with Crippen molar-refractivity contribution < 1.29 is 4.79 Å². The standard InChI is InChI=1S/C18H28ClN3O.2ClH/c1-22(2)17(15-5-3-4-6-16(15)19)13-21-18(23)8-7-14-9-11-20-12-10-14;;/h3-6,14,17,20H,7-13H2,1-2H3,(H,21,23);2*1H. The van der Waals surface area contributed by atoms with Crippen molar-refractivity contribution in [1.29, 1.82) is 0 Å². The van der Waals surface area contributed by atoms with E-state index in [4.69, 9.17) is 11.6 Å². The molecule has 2 rings (SSSR count). The number of rotatable bonds is 7. The summed E-state index contributed by atoms with van der Waals surface area (Å²) in [7, 11) is 4.02. The lowest BCUT2D eigenvalue weighted by atomic mass is 9.93. The number of amides is 1. The summed E-state index contributed by atoms with van der Waals surface area (Å²) in [6, 6.07) is 7.92. The minimum atomic E-state index is 0. The molecule has 1 amide bonds. The highest BCUT2D eigenvalue weighted by atomic mass is 35.5. The summed E-state index contributed by atoms with van der Waals surface area (Å²) in [4.78, 5) is 14.2. The van der Waals surface area contributed by atoms with Crippen LogP contribution in [0.25, 0.3) is 0 Å². The molecule has 1 unspecified atom stereocenters. The Hall–Kier alpha value is -0.520. The Morgan fingerprint density at radius 3 is 2.52 bits per heavy atom. The topological polar surface area (TPSA) is 44.4 Å². The number of carbonyl (C=O) groups is 1. The SMILES string of the molecule is CN(C)C(CNC(=O)CCC1CCNCC1)c1ccccc1Cl.Cl.Cl. The van der Waals surface area contributed by atoms with Gasteiger partial charge < -0.3 is 15.5 Å². The van der Waals surface area contributed by atoms with Gasteiger partial charge in [-0.3, -0.25) is 4.79 Å². The summed E-state index contributed by atoms with van der Waals surface area (Å²) >= 11 is 6.30. The summed E-state index contributed by atoms with van der Waals surface area (Å²) in [5.74, 6) is 0.831. The van der Waals surface area contributed by atoms with Gasteiger partial charge >= 0.3 is 0 Å². The smallest absolute Gasteiger partial charge is 0.220 e. The fourth-order valence-corrected chi connectivity index (χ4v) is 3.38. The molecular weight excluding hydrogens is 381 g/mol. The molecule has 0 spiro atoms. The van der Waals surface area contributed by atoms with Gasteiger partial charge in [-0.25, -0.2) is 0 Å². The third-order valence-electron chi connectivity index (χ3n) is 4.62. The van der Waals surface area contributed by atoms with Crippen LogP contribution in [0.3, 0.4) is 0 Å². The zero-order chi connectivity index (χ0) is 16.7. The van der Waals surface area contributed by atoms with Crippen molar-refractivity contribution in [3.05, 3.63) is 34.9 Å². The zero-order valence-electron chi connectivity index (χ0n) is 15.0. The van der Waals surface area contributed by atoms with E-state index in [9.17, 15) is 4.79 Å². The lowest BCUT2D eigenvalue weighted by Gasteiger charge is -2.26. The van der Waals surface area contributed by atoms with Crippen molar-refractivity contribution in [2.45, 2.75) is 31.7 Å². The molecular formula is C18H30Cl3N3O. The summed E-state index contributed by atoms with van der Waals surface area (Å²) < 4.78 is 0. The van der Waals surface area contributed by atoms with E-state index in [1.807, 2.05) is 38.4 Å². The van der Waals surface area contributed by atoms with Crippen LogP contribution in [-0.2, 0) is 4.79 Å². The number of carbonyl (C=O) groups excluding carboxylic acids is 1. The molecule has 25 heavy (non-hydrogen) atoms. The highest BCUT2D eigenvalue weighted by molar-refractivity contribution is 6.31. The Kier molecular flexibility index (Phi) is 12.5. The van der Waals surface area contributed by atoms with E-state index in [2.05, 4.69) is 15.5 Å². The third-order valence-corrected chi connectivity index (χ3v) is 4.96. The van der Waals surface area contributed by atoms with Gasteiger partial charge in [-0.15, -0.1) is 24.8 Å². The van der Waals surface area contributed by atoms with Crippen LogP contribution in [0.15, 0.2) is 24.3 Å². The fraction of sp³-hybridized carbons (Fsp3) is 0.611. The Bertz CT molecular complexity index is 508. The van der Waals surface area contributed by atoms with Crippen molar-refractivity contribution in [2.24, 2.45) is 5.92 Å². The lowest BCUT2D eigenvalue weighted by Crippen LogP contribution is -2.35. The molecule has 0 saturated carbocycles. The van der Waals surface area contributed by atoms with Crippen LogP contribution in [0.4, 0.5) is 0 Å². The minimum absolute atomic E-state index is 0. The molecule has 1 fully saturated rings. The first-order valence-corrected chi connectivity index (χ1v) is 8.84. The Balaban J connectivity index is 0.00000288. The number of piperidine rings is 1. The molecule has 144 valence electrons. The number of hydrogen-bond donors (Lipinski definition) is 2. The second-order valence-electron chi connectivity index (χ2n) is 6.54. The third kappa shape index (κ3) is 8.14. The van der Waals surface area contributed by atoms with Crippen LogP contribution in [0.2, 0.25) is 5.02 Å². The van der Waals surface area contributed by atoms with Crippen LogP contribution in [0, 0.1) is 5.92 Å². The molecule has 1 aliphatic rings. The maximum atomic E-state index is 12.2. The minimum Gasteiger partial charge on any atom is -0.354 e. The normalized spacial score (nSPS) is 15.8. The number of halogens is 3. The Morgan fingerprint density at radius 2 is 1.92 bits per heavy atom. The lowest BCUT2D eigenvalue weighted by molar-refractivity contribution is -0.121. The molecule has 0 aromatic heterocycles. The van der Waals surface area contributed by atoms with Gasteiger partial charge in [-0.2, -0.15) is 0 Å². The molecule has 0 bridgehead atoms. The first kappa shape index (κ1) is 24.5. The van der Waals surface area contributed by atoms with E-state index in [0.29, 0.717) is 18.9 Å². The van der Waals surface area contributed by atoms with Crippen LogP contribution in [-0.4, -0.2) is 44.5 Å². The Labute approximate surface area is 168 Å². The van der Waals surface area contributed by atoms with Gasteiger partial charge in [0.15, 0.2) is 0 Å². The summed E-state index contributed by atoms with van der Waals surface area (Å²) in [6.07, 6.45) is 3.99. The van der Waals surface area contributed by atoms with E-state index in [1.54, 1.807) is 0 Å². The molecule has 0 aliphatic carbocycles. The maximum absolute atomic E-state index is 12.2. The van der Waals surface area contributed by atoms with E-state index >= 15 is 0 Å². The maximum Gasteiger partial charge on any atom is 0.220 e. The van der Waals surface area contributed by atoms with E-state index in [0.717, 1.165) is 30.1 Å². The molecule has 1 atom stereocenters. The van der Waals surface area contributed by atoms with Gasteiger partial charge in [0.05, 0.1) is 6.04 Å². The summed E-state index contributed by atoms with van der Waals surface area (Å²) in [6.45, 7) is 2.75. The highest BCUT2D eigenvalue weighted by Crippen LogP contribution is 2.25. The molecule has 1 aromatic rings. The van der Waals surface area contributed by atoms with E-state index < -0.39 is 0 Å². The predicted molar refractivity (Wildman–Crippen MR) is 110 cm³/mol. The van der Waals surface area contributed by atoms with Gasteiger partial charge in [-0.05, 0) is 64.0 Å². The van der Waals surface area contributed by atoms with Gasteiger partial charge in [0.2, 0.25) is 5.91 Å². The van der Waals surface area contributed by atoms with E-state index in [1.165, 1.54) is 12.8 Å². The van der Waals surface area contributed by atoms with Crippen LogP contribution in [0.5, 0.6) is 0 Å². The summed E-state index contributed by atoms with van der Waals surface area (Å²) in [5, 5.41) is 7.18. The second-order valence-corrected chi connectivity index (χ2v) is 6.94. The second kappa shape index (κ2) is 12.8. The molecule has 1 saturated heterocycles. The molecule has 4 nitrogen and oxygen atoms in total. The van der Waals surface area contributed by atoms with Crippen molar-refractivity contribution >= 4 is 42.3 Å². The van der Waals surface area contributed by atoms with Crippen molar-refractivity contribution in [1.82, 2.24) is 15.5 Å². The highest BCUT2D eigenvalue weighted by Gasteiger charge is 2.19. The van der Waals surface area contributed by atoms with E-state index in [-0.39, 0.29) is 36.8 Å². The Morgan fingerprint density at radius 1 is 1.28 bits per heavy atom. The van der Waals surface area contributed by atoms with Gasteiger partial charge in [-0.1, -0.05) is 29.8 Å². The monoisotopic (exact) mass is 409 g/mol. The fourth-order valence-electron chi connectivity index (χ4n) is 3.12. The van der Waals surface area contributed by atoms with Crippen LogP contribution >= 0.6 is 36.4 Å². The molecule has 7 heteroatoms. The largest absolute Gasteiger partial charge is 0.354 e. The van der Waals surface area contributed by atoms with Gasteiger partial charge in [0.1, 0.15) is 0 Å². The summed E-state index contributed by atoms with van der Waals surface area (Å²) in [5.41, 5.74) is 1.05. The zero-order valence-corrected chi connectivity index (χ0v) is 17.4. The van der Waals surface area contributed by atoms with Gasteiger partial charge in [0.25, 0.3) is 0 Å². The predicted octanol–water partition coefficient (Wildman–Crippen LogP) is 3.68. The number of likely N-dealkylation sites (N-methyl/N-ethyl adjacent to an activating group) is 1. The van der Waals surface area contributed by atoms with Crippen molar-refractivity contribution in [2.75, 3.05) is 33.7 Å². The number of benzene rings is 1. The van der Waals surface area contributed by atoms with Crippen molar-refractivity contribution in [3.8, 4) is 0 Å². The molecule has 1 aliphatic heterocycles. The van der Waals surface area contributed by atoms with Crippen molar-refractivity contribution in [3.63, 3.8) is 0 Å². The van der Waals surface area contributed by atoms with Crippen LogP contribution in [0.1, 0.15) is 37.3 Å². The van der Waals surface area contributed by atoms with Crippen LogP contribution < -0.4 is 10.6 Å². The quantitative estimate of drug-likeness (QED) is 0.720. The van der Waals surface area contributed by atoms with Gasteiger partial charge in [0, 0.05) is 18.0 Å².